The van der Waals surface area contributed by atoms with Crippen LogP contribution in [0.5, 0.6) is 0 Å². The highest BCUT2D eigenvalue weighted by Crippen LogP contribution is 2.11. The number of hydrogen-bond donors (Lipinski definition) is 3. The molecule has 0 saturated carbocycles. The van der Waals surface area contributed by atoms with E-state index < -0.39 is 0 Å². The Hall–Kier alpha value is -3.54. The van der Waals surface area contributed by atoms with Crippen molar-refractivity contribution in [2.75, 3.05) is 0 Å². The fourth-order valence-electron chi connectivity index (χ4n) is 2.75. The van der Waals surface area contributed by atoms with Crippen LogP contribution in [0.1, 0.15) is 5.56 Å². The minimum absolute atomic E-state index is 0.193. The van der Waals surface area contributed by atoms with E-state index >= 15 is 0 Å². The van der Waals surface area contributed by atoms with Gasteiger partial charge in [-0.2, -0.15) is 0 Å². The summed E-state index contributed by atoms with van der Waals surface area (Å²) in [4.78, 5) is 32.5. The molecule has 6 heteroatoms. The highest BCUT2D eigenvalue weighted by Gasteiger charge is 2.07. The van der Waals surface area contributed by atoms with E-state index in [1.54, 1.807) is 24.3 Å². The number of benzene rings is 2. The summed E-state index contributed by atoms with van der Waals surface area (Å²) in [6.45, 7) is 3.91. The summed E-state index contributed by atoms with van der Waals surface area (Å²) in [5.74, 6) is 0. The first-order chi connectivity index (χ1) is 11.6. The molecular formula is C18H14N4O2. The summed E-state index contributed by atoms with van der Waals surface area (Å²) >= 11 is 0. The number of aromatic amines is 3. The summed E-state index contributed by atoms with van der Waals surface area (Å²) < 4.78 is 1.49. The SMILES string of the molecule is C=c1[nH]/c(=C/c2ccccc2)c(=O)n1-c1ccc2[nH]c(=O)[nH]c2c1. The third-order valence-corrected chi connectivity index (χ3v) is 3.85. The number of rotatable bonds is 2. The maximum Gasteiger partial charge on any atom is 0.323 e. The highest BCUT2D eigenvalue weighted by atomic mass is 16.1. The molecule has 0 spiro atoms. The van der Waals surface area contributed by atoms with Crippen LogP contribution in [0.15, 0.2) is 58.1 Å². The Balaban J connectivity index is 1.92. The molecule has 0 unspecified atom stereocenters. The lowest BCUT2D eigenvalue weighted by Crippen LogP contribution is -2.29. The van der Waals surface area contributed by atoms with Crippen molar-refractivity contribution in [2.24, 2.45) is 0 Å². The molecule has 118 valence electrons. The van der Waals surface area contributed by atoms with Gasteiger partial charge in [0.25, 0.3) is 5.56 Å². The zero-order valence-electron chi connectivity index (χ0n) is 12.7. The quantitative estimate of drug-likeness (QED) is 0.505. The Morgan fingerprint density at radius 1 is 0.917 bits per heavy atom. The van der Waals surface area contributed by atoms with Gasteiger partial charge in [-0.05, 0) is 29.8 Å². The van der Waals surface area contributed by atoms with Gasteiger partial charge in [-0.15, -0.1) is 0 Å². The molecule has 0 aliphatic heterocycles. The van der Waals surface area contributed by atoms with Crippen LogP contribution in [0.25, 0.3) is 29.4 Å². The Morgan fingerprint density at radius 3 is 2.46 bits per heavy atom. The van der Waals surface area contributed by atoms with Gasteiger partial charge >= 0.3 is 5.69 Å². The monoisotopic (exact) mass is 318 g/mol. The van der Waals surface area contributed by atoms with Gasteiger partial charge in [-0.3, -0.25) is 9.36 Å². The minimum Gasteiger partial charge on any atom is -0.337 e. The first-order valence-corrected chi connectivity index (χ1v) is 7.41. The zero-order chi connectivity index (χ0) is 16.7. The molecule has 0 saturated heterocycles. The van der Waals surface area contributed by atoms with Crippen LogP contribution in [0, 0.1) is 0 Å². The van der Waals surface area contributed by atoms with E-state index in [2.05, 4.69) is 21.5 Å². The highest BCUT2D eigenvalue weighted by molar-refractivity contribution is 5.76. The van der Waals surface area contributed by atoms with Crippen molar-refractivity contribution in [1.29, 1.82) is 0 Å². The van der Waals surface area contributed by atoms with Crippen molar-refractivity contribution < 1.29 is 0 Å². The topological polar surface area (TPSA) is 86.4 Å². The van der Waals surface area contributed by atoms with Gasteiger partial charge in [0.15, 0.2) is 0 Å². The summed E-state index contributed by atoms with van der Waals surface area (Å²) in [5.41, 5.74) is 2.88. The number of hydrogen-bond acceptors (Lipinski definition) is 2. The van der Waals surface area contributed by atoms with E-state index in [1.165, 1.54) is 4.57 Å². The molecule has 0 amide bonds. The van der Waals surface area contributed by atoms with Gasteiger partial charge in [0.1, 0.15) is 10.8 Å². The smallest absolute Gasteiger partial charge is 0.323 e. The van der Waals surface area contributed by atoms with Gasteiger partial charge in [0.2, 0.25) is 0 Å². The molecule has 0 atom stereocenters. The van der Waals surface area contributed by atoms with Gasteiger partial charge in [0, 0.05) is 0 Å². The number of H-pyrrole nitrogens is 3. The Bertz CT molecular complexity index is 1260. The molecule has 4 rings (SSSR count). The lowest BCUT2D eigenvalue weighted by atomic mass is 10.2. The average Bonchev–Trinajstić information content (AvgIpc) is 3.06. The molecule has 0 bridgehead atoms. The average molecular weight is 318 g/mol. The molecule has 2 aromatic heterocycles. The molecule has 0 aliphatic carbocycles. The van der Waals surface area contributed by atoms with E-state index in [0.29, 0.717) is 27.5 Å². The standard InChI is InChI=1S/C18H14N4O2/c1-11-19-16(9-12-5-3-2-4-6-12)17(23)22(11)13-7-8-14-15(10-13)21-18(24)20-14/h2-10,19H,1H2,(H2,20,21,24)/b16-9+. The van der Waals surface area contributed by atoms with Crippen LogP contribution in [0.4, 0.5) is 0 Å². The largest absolute Gasteiger partial charge is 0.337 e. The van der Waals surface area contributed by atoms with Crippen molar-refractivity contribution >= 4 is 23.7 Å². The Labute approximate surface area is 135 Å². The number of aromatic nitrogens is 4. The van der Waals surface area contributed by atoms with E-state index in [4.69, 9.17) is 0 Å². The molecule has 4 aromatic rings. The summed E-state index contributed by atoms with van der Waals surface area (Å²) in [7, 11) is 0. The van der Waals surface area contributed by atoms with Crippen LogP contribution in [-0.4, -0.2) is 19.5 Å². The second-order valence-corrected chi connectivity index (χ2v) is 5.49. The number of fused-ring (bicyclic) bond motifs is 1. The van der Waals surface area contributed by atoms with Crippen LogP contribution in [-0.2, 0) is 0 Å². The second kappa shape index (κ2) is 5.27. The molecular weight excluding hydrogens is 304 g/mol. The zero-order valence-corrected chi connectivity index (χ0v) is 12.7. The van der Waals surface area contributed by atoms with E-state index in [-0.39, 0.29) is 11.2 Å². The van der Waals surface area contributed by atoms with E-state index in [0.717, 1.165) is 5.56 Å². The number of nitrogens with one attached hydrogen (secondary N) is 3. The normalized spacial score (nSPS) is 12.1. The fourth-order valence-corrected chi connectivity index (χ4v) is 2.75. The second-order valence-electron chi connectivity index (χ2n) is 5.49. The predicted octanol–water partition coefficient (Wildman–Crippen LogP) is 0.574. The third-order valence-electron chi connectivity index (χ3n) is 3.85. The van der Waals surface area contributed by atoms with Gasteiger partial charge in [0.05, 0.1) is 16.7 Å². The lowest BCUT2D eigenvalue weighted by molar-refractivity contribution is 0.969. The summed E-state index contributed by atoms with van der Waals surface area (Å²) in [6.07, 6.45) is 1.78. The first kappa shape index (κ1) is 14.1. The van der Waals surface area contributed by atoms with Crippen molar-refractivity contribution in [3.05, 3.63) is 85.8 Å². The van der Waals surface area contributed by atoms with Gasteiger partial charge < -0.3 is 15.0 Å². The Kier molecular flexibility index (Phi) is 3.09. The maximum absolute atomic E-state index is 12.7. The molecule has 0 aliphatic rings. The molecule has 2 aromatic carbocycles. The van der Waals surface area contributed by atoms with Gasteiger partial charge in [-0.1, -0.05) is 36.9 Å². The van der Waals surface area contributed by atoms with E-state index in [9.17, 15) is 9.59 Å². The van der Waals surface area contributed by atoms with Crippen LogP contribution >= 0.6 is 0 Å². The van der Waals surface area contributed by atoms with Crippen LogP contribution in [0.2, 0.25) is 0 Å². The van der Waals surface area contributed by atoms with Crippen molar-refractivity contribution in [3.8, 4) is 5.69 Å². The maximum atomic E-state index is 12.7. The van der Waals surface area contributed by atoms with Crippen LogP contribution in [0.3, 0.4) is 0 Å². The van der Waals surface area contributed by atoms with Crippen molar-refractivity contribution in [1.82, 2.24) is 19.5 Å². The summed E-state index contributed by atoms with van der Waals surface area (Å²) in [6, 6.07) is 14.8. The lowest BCUT2D eigenvalue weighted by Gasteiger charge is -2.01. The van der Waals surface area contributed by atoms with Gasteiger partial charge in [-0.25, -0.2) is 4.79 Å². The Morgan fingerprint density at radius 2 is 1.67 bits per heavy atom. The predicted molar refractivity (Wildman–Crippen MR) is 93.6 cm³/mol. The molecule has 3 N–H and O–H groups in total. The number of nitrogens with zero attached hydrogens (tertiary/aromatic N) is 1. The molecule has 2 heterocycles. The van der Waals surface area contributed by atoms with Crippen molar-refractivity contribution in [3.63, 3.8) is 0 Å². The van der Waals surface area contributed by atoms with Crippen LogP contribution < -0.4 is 22.1 Å². The molecule has 24 heavy (non-hydrogen) atoms. The third kappa shape index (κ3) is 2.30. The van der Waals surface area contributed by atoms with E-state index in [1.807, 2.05) is 30.3 Å². The first-order valence-electron chi connectivity index (χ1n) is 7.41. The fraction of sp³-hybridized carbons (Fsp3) is 0. The molecule has 0 radical (unpaired) electrons. The number of imidazole rings is 2. The molecule has 6 nitrogen and oxygen atoms in total. The van der Waals surface area contributed by atoms with Crippen molar-refractivity contribution in [2.45, 2.75) is 0 Å². The summed E-state index contributed by atoms with van der Waals surface area (Å²) in [5, 5.41) is 0.453. The molecule has 0 fully saturated rings. The minimum atomic E-state index is -0.281.